The molecule has 0 saturated heterocycles. The van der Waals surface area contributed by atoms with Gasteiger partial charge in [-0.15, -0.1) is 5.46 Å². The molecule has 1 aliphatic rings. The molecule has 1 aliphatic carbocycles. The summed E-state index contributed by atoms with van der Waals surface area (Å²) in [6.45, 7) is -4.84. The zero-order chi connectivity index (χ0) is 11.6. The quantitative estimate of drug-likeness (QED) is 0.694. The SMILES string of the molecule is F[B-](F)(F)c1ccc(C2CCCCC2)cc1.[K+]. The van der Waals surface area contributed by atoms with E-state index in [1.807, 2.05) is 0 Å². The fourth-order valence-corrected chi connectivity index (χ4v) is 2.42. The summed E-state index contributed by atoms with van der Waals surface area (Å²) in [5, 5.41) is 0. The van der Waals surface area contributed by atoms with Gasteiger partial charge in [0.2, 0.25) is 0 Å². The molecular formula is C12H15BF3K. The maximum Gasteiger partial charge on any atom is 1.00 e. The van der Waals surface area contributed by atoms with Gasteiger partial charge in [-0.1, -0.05) is 43.5 Å². The van der Waals surface area contributed by atoms with Crippen LogP contribution in [0.15, 0.2) is 24.3 Å². The average Bonchev–Trinajstić information content (AvgIpc) is 2.29. The van der Waals surface area contributed by atoms with Gasteiger partial charge in [-0.05, 0) is 24.3 Å². The van der Waals surface area contributed by atoms with Gasteiger partial charge in [-0.2, -0.15) is 0 Å². The first kappa shape index (κ1) is 15.8. The minimum atomic E-state index is -4.84. The molecule has 0 bridgehead atoms. The molecule has 2 rings (SSSR count). The number of hydrogen-bond acceptors (Lipinski definition) is 0. The third kappa shape index (κ3) is 4.39. The molecule has 17 heavy (non-hydrogen) atoms. The summed E-state index contributed by atoms with van der Waals surface area (Å²) in [5.74, 6) is 0.475. The van der Waals surface area contributed by atoms with Crippen molar-refractivity contribution < 1.29 is 64.3 Å². The Hall–Kier alpha value is 0.711. The van der Waals surface area contributed by atoms with Gasteiger partial charge in [0, 0.05) is 0 Å². The molecule has 0 nitrogen and oxygen atoms in total. The zero-order valence-electron chi connectivity index (χ0n) is 10.1. The van der Waals surface area contributed by atoms with E-state index in [-0.39, 0.29) is 51.4 Å². The molecule has 0 aromatic heterocycles. The molecule has 0 N–H and O–H groups in total. The molecule has 1 aromatic rings. The van der Waals surface area contributed by atoms with Crippen molar-refractivity contribution in [1.29, 1.82) is 0 Å². The van der Waals surface area contributed by atoms with Gasteiger partial charge in [0.15, 0.2) is 0 Å². The van der Waals surface area contributed by atoms with Crippen molar-refractivity contribution in [2.24, 2.45) is 0 Å². The normalized spacial score (nSPS) is 17.6. The Bertz CT molecular complexity index is 342. The van der Waals surface area contributed by atoms with Crippen molar-refractivity contribution in [3.63, 3.8) is 0 Å². The molecule has 0 radical (unpaired) electrons. The van der Waals surface area contributed by atoms with Crippen molar-refractivity contribution in [3.05, 3.63) is 29.8 Å². The van der Waals surface area contributed by atoms with Crippen molar-refractivity contribution in [1.82, 2.24) is 0 Å². The van der Waals surface area contributed by atoms with Crippen LogP contribution in [0, 0.1) is 0 Å². The van der Waals surface area contributed by atoms with E-state index in [2.05, 4.69) is 0 Å². The van der Waals surface area contributed by atoms with E-state index in [1.54, 1.807) is 12.1 Å². The molecule has 0 amide bonds. The van der Waals surface area contributed by atoms with Crippen LogP contribution in [-0.2, 0) is 0 Å². The number of rotatable bonds is 2. The molecule has 0 atom stereocenters. The molecule has 1 fully saturated rings. The van der Waals surface area contributed by atoms with E-state index < -0.39 is 12.4 Å². The van der Waals surface area contributed by atoms with Crippen molar-refractivity contribution in [2.45, 2.75) is 38.0 Å². The summed E-state index contributed by atoms with van der Waals surface area (Å²) in [4.78, 5) is 0. The fraction of sp³-hybridized carbons (Fsp3) is 0.500. The largest absolute Gasteiger partial charge is 1.00 e. The second-order valence-electron chi connectivity index (χ2n) is 4.58. The van der Waals surface area contributed by atoms with Crippen molar-refractivity contribution >= 4 is 12.4 Å². The summed E-state index contributed by atoms with van der Waals surface area (Å²) in [5.41, 5.74) is 0.586. The van der Waals surface area contributed by atoms with Crippen LogP contribution < -0.4 is 56.8 Å². The van der Waals surface area contributed by atoms with Gasteiger partial charge in [-0.25, -0.2) is 0 Å². The Kier molecular flexibility index (Phi) is 6.27. The molecule has 0 aliphatic heterocycles. The van der Waals surface area contributed by atoms with Gasteiger partial charge in [-0.3, -0.25) is 0 Å². The molecule has 1 saturated carbocycles. The van der Waals surface area contributed by atoms with Crippen molar-refractivity contribution in [2.75, 3.05) is 0 Å². The number of benzene rings is 1. The Morgan fingerprint density at radius 2 is 1.41 bits per heavy atom. The van der Waals surface area contributed by atoms with E-state index in [0.717, 1.165) is 18.4 Å². The minimum Gasteiger partial charge on any atom is -0.445 e. The standard InChI is InChI=1S/C12H15BF3.K/c14-13(15,16)12-8-6-11(7-9-12)10-4-2-1-3-5-10;/h6-10H,1-5H2;/q-1;+1. The third-order valence-electron chi connectivity index (χ3n) is 3.39. The van der Waals surface area contributed by atoms with E-state index >= 15 is 0 Å². The zero-order valence-corrected chi connectivity index (χ0v) is 13.3. The summed E-state index contributed by atoms with van der Waals surface area (Å²) in [6, 6.07) is 5.76. The summed E-state index contributed by atoms with van der Waals surface area (Å²) in [6.07, 6.45) is 5.92. The Morgan fingerprint density at radius 1 is 0.882 bits per heavy atom. The predicted molar refractivity (Wildman–Crippen MR) is 61.0 cm³/mol. The molecule has 0 heterocycles. The van der Waals surface area contributed by atoms with E-state index in [1.165, 1.54) is 31.4 Å². The van der Waals surface area contributed by atoms with Crippen LogP contribution in [0.2, 0.25) is 0 Å². The predicted octanol–water partition coefficient (Wildman–Crippen LogP) is 0.793. The van der Waals surface area contributed by atoms with Gasteiger partial charge in [0.1, 0.15) is 0 Å². The summed E-state index contributed by atoms with van der Waals surface area (Å²) in [7, 11) is 0. The van der Waals surface area contributed by atoms with Crippen LogP contribution in [0.1, 0.15) is 43.6 Å². The monoisotopic (exact) mass is 266 g/mol. The van der Waals surface area contributed by atoms with Crippen LogP contribution in [0.25, 0.3) is 0 Å². The van der Waals surface area contributed by atoms with Gasteiger partial charge >= 0.3 is 58.4 Å². The molecule has 88 valence electrons. The first-order chi connectivity index (χ1) is 7.57. The smallest absolute Gasteiger partial charge is 0.445 e. The van der Waals surface area contributed by atoms with Gasteiger partial charge in [0.25, 0.3) is 0 Å². The van der Waals surface area contributed by atoms with E-state index in [4.69, 9.17) is 0 Å². The van der Waals surface area contributed by atoms with Crippen LogP contribution in [-0.4, -0.2) is 6.98 Å². The topological polar surface area (TPSA) is 0 Å². The van der Waals surface area contributed by atoms with Crippen LogP contribution in [0.3, 0.4) is 0 Å². The maximum absolute atomic E-state index is 12.4. The molecule has 0 spiro atoms. The van der Waals surface area contributed by atoms with Crippen LogP contribution in [0.5, 0.6) is 0 Å². The molecule has 0 unspecified atom stereocenters. The van der Waals surface area contributed by atoms with E-state index in [0.29, 0.717) is 5.92 Å². The molecule has 1 aromatic carbocycles. The molecule has 5 heteroatoms. The Labute approximate surface area is 143 Å². The fourth-order valence-electron chi connectivity index (χ4n) is 2.42. The Balaban J connectivity index is 0.00000144. The second kappa shape index (κ2) is 6.76. The Morgan fingerprint density at radius 3 is 1.88 bits per heavy atom. The van der Waals surface area contributed by atoms with Crippen LogP contribution in [0.4, 0.5) is 12.9 Å². The molecular weight excluding hydrogens is 251 g/mol. The van der Waals surface area contributed by atoms with Crippen LogP contribution >= 0.6 is 0 Å². The first-order valence-electron chi connectivity index (χ1n) is 5.87. The summed E-state index contributed by atoms with van der Waals surface area (Å²) >= 11 is 0. The first-order valence-corrected chi connectivity index (χ1v) is 5.87. The summed E-state index contributed by atoms with van der Waals surface area (Å²) < 4.78 is 37.3. The van der Waals surface area contributed by atoms with Crippen molar-refractivity contribution in [3.8, 4) is 0 Å². The average molecular weight is 266 g/mol. The number of hydrogen-bond donors (Lipinski definition) is 0. The maximum atomic E-state index is 12.4. The third-order valence-corrected chi connectivity index (χ3v) is 3.39. The number of halogens is 3. The van der Waals surface area contributed by atoms with Gasteiger partial charge < -0.3 is 12.9 Å². The minimum absolute atomic E-state index is 0. The van der Waals surface area contributed by atoms with Gasteiger partial charge in [0.05, 0.1) is 0 Å². The second-order valence-corrected chi connectivity index (χ2v) is 4.58. The van der Waals surface area contributed by atoms with E-state index in [9.17, 15) is 12.9 Å².